The summed E-state index contributed by atoms with van der Waals surface area (Å²) >= 11 is 6.15. The molecule has 1 aromatic rings. The maximum atomic E-state index is 6.15. The van der Waals surface area contributed by atoms with Crippen LogP contribution in [0.5, 0.6) is 5.75 Å². The van der Waals surface area contributed by atoms with E-state index in [1.807, 2.05) is 18.2 Å². The molecule has 1 aliphatic rings. The SMILES string of the molecule is CCCC1CN(Cc2cc(Cl)ccc2OC)C(C)CCN1. The first kappa shape index (κ1) is 16.6. The van der Waals surface area contributed by atoms with Gasteiger partial charge in [0, 0.05) is 35.8 Å². The second kappa shape index (κ2) is 8.02. The molecule has 0 aliphatic carbocycles. The molecule has 0 bridgehead atoms. The van der Waals surface area contributed by atoms with Crippen LogP contribution in [-0.4, -0.2) is 37.2 Å². The summed E-state index contributed by atoms with van der Waals surface area (Å²) in [7, 11) is 1.72. The van der Waals surface area contributed by atoms with Crippen molar-refractivity contribution < 1.29 is 4.74 Å². The standard InChI is InChI=1S/C17H27ClN2O/c1-4-5-16-12-20(13(2)8-9-19-16)11-14-10-15(18)6-7-17(14)21-3/h6-7,10,13,16,19H,4-5,8-9,11-12H2,1-3H3. The number of methoxy groups -OCH3 is 1. The Morgan fingerprint density at radius 1 is 1.43 bits per heavy atom. The van der Waals surface area contributed by atoms with Gasteiger partial charge in [-0.15, -0.1) is 0 Å². The fraction of sp³-hybridized carbons (Fsp3) is 0.647. The van der Waals surface area contributed by atoms with Gasteiger partial charge in [0.2, 0.25) is 0 Å². The molecule has 1 fully saturated rings. The van der Waals surface area contributed by atoms with Gasteiger partial charge in [0.25, 0.3) is 0 Å². The number of halogens is 1. The van der Waals surface area contributed by atoms with Crippen molar-refractivity contribution in [2.75, 3.05) is 20.2 Å². The maximum absolute atomic E-state index is 6.15. The molecule has 1 saturated heterocycles. The van der Waals surface area contributed by atoms with E-state index >= 15 is 0 Å². The van der Waals surface area contributed by atoms with E-state index < -0.39 is 0 Å². The molecule has 3 nitrogen and oxygen atoms in total. The first-order valence-electron chi connectivity index (χ1n) is 7.94. The van der Waals surface area contributed by atoms with Crippen LogP contribution in [-0.2, 0) is 6.54 Å². The molecule has 1 N–H and O–H groups in total. The molecule has 0 spiro atoms. The van der Waals surface area contributed by atoms with Gasteiger partial charge >= 0.3 is 0 Å². The van der Waals surface area contributed by atoms with Gasteiger partial charge in [-0.2, -0.15) is 0 Å². The molecule has 0 radical (unpaired) electrons. The maximum Gasteiger partial charge on any atom is 0.123 e. The number of hydrogen-bond donors (Lipinski definition) is 1. The third kappa shape index (κ3) is 4.60. The zero-order chi connectivity index (χ0) is 15.2. The lowest BCUT2D eigenvalue weighted by Crippen LogP contribution is -2.39. The van der Waals surface area contributed by atoms with Crippen LogP contribution < -0.4 is 10.1 Å². The van der Waals surface area contributed by atoms with Gasteiger partial charge in [0.15, 0.2) is 0 Å². The third-order valence-corrected chi connectivity index (χ3v) is 4.56. The molecule has 1 aliphatic heterocycles. The van der Waals surface area contributed by atoms with Crippen LogP contribution in [0.2, 0.25) is 5.02 Å². The van der Waals surface area contributed by atoms with E-state index in [4.69, 9.17) is 16.3 Å². The highest BCUT2D eigenvalue weighted by Crippen LogP contribution is 2.25. The van der Waals surface area contributed by atoms with Gasteiger partial charge in [-0.25, -0.2) is 0 Å². The molecule has 0 aromatic heterocycles. The van der Waals surface area contributed by atoms with Crippen molar-refractivity contribution in [3.8, 4) is 5.75 Å². The molecule has 2 unspecified atom stereocenters. The van der Waals surface area contributed by atoms with Crippen LogP contribution in [0.15, 0.2) is 18.2 Å². The van der Waals surface area contributed by atoms with Gasteiger partial charge in [-0.3, -0.25) is 4.90 Å². The Morgan fingerprint density at radius 2 is 2.24 bits per heavy atom. The molecule has 0 amide bonds. The van der Waals surface area contributed by atoms with Crippen LogP contribution in [0.3, 0.4) is 0 Å². The number of hydrogen-bond acceptors (Lipinski definition) is 3. The van der Waals surface area contributed by atoms with Crippen molar-refractivity contribution >= 4 is 11.6 Å². The molecule has 4 heteroatoms. The zero-order valence-corrected chi connectivity index (χ0v) is 14.1. The summed E-state index contributed by atoms with van der Waals surface area (Å²) in [6, 6.07) is 7.03. The van der Waals surface area contributed by atoms with E-state index in [2.05, 4.69) is 24.1 Å². The summed E-state index contributed by atoms with van der Waals surface area (Å²) in [5.41, 5.74) is 1.17. The van der Waals surface area contributed by atoms with Crippen molar-refractivity contribution in [1.82, 2.24) is 10.2 Å². The number of rotatable bonds is 5. The molecular formula is C17H27ClN2O. The quantitative estimate of drug-likeness (QED) is 0.897. The lowest BCUT2D eigenvalue weighted by atomic mass is 10.1. The fourth-order valence-corrected chi connectivity index (χ4v) is 3.25. The molecule has 118 valence electrons. The van der Waals surface area contributed by atoms with E-state index in [0.717, 1.165) is 30.4 Å². The second-order valence-corrected chi connectivity index (χ2v) is 6.40. The van der Waals surface area contributed by atoms with E-state index in [1.165, 1.54) is 24.8 Å². The highest BCUT2D eigenvalue weighted by molar-refractivity contribution is 6.30. The minimum Gasteiger partial charge on any atom is -0.496 e. The summed E-state index contributed by atoms with van der Waals surface area (Å²) in [5, 5.41) is 4.44. The monoisotopic (exact) mass is 310 g/mol. The van der Waals surface area contributed by atoms with Gasteiger partial charge in [0.05, 0.1) is 7.11 Å². The summed E-state index contributed by atoms with van der Waals surface area (Å²) in [4.78, 5) is 2.55. The Kier molecular flexibility index (Phi) is 6.34. The minimum atomic E-state index is 0.572. The lowest BCUT2D eigenvalue weighted by Gasteiger charge is -2.29. The Hall–Kier alpha value is -0.770. The molecule has 21 heavy (non-hydrogen) atoms. The number of benzene rings is 1. The van der Waals surface area contributed by atoms with Crippen molar-refractivity contribution in [3.05, 3.63) is 28.8 Å². The Bertz CT molecular complexity index is 452. The normalized spacial score (nSPS) is 23.8. The van der Waals surface area contributed by atoms with Crippen molar-refractivity contribution in [3.63, 3.8) is 0 Å². The number of nitrogens with one attached hydrogen (secondary N) is 1. The van der Waals surface area contributed by atoms with E-state index in [9.17, 15) is 0 Å². The Labute approximate surface area is 133 Å². The van der Waals surface area contributed by atoms with Gasteiger partial charge in [-0.05, 0) is 44.5 Å². The van der Waals surface area contributed by atoms with E-state index in [-0.39, 0.29) is 0 Å². The number of nitrogens with zero attached hydrogens (tertiary/aromatic N) is 1. The highest BCUT2D eigenvalue weighted by atomic mass is 35.5. The van der Waals surface area contributed by atoms with Gasteiger partial charge in [-0.1, -0.05) is 24.9 Å². The Balaban J connectivity index is 2.13. The summed E-state index contributed by atoms with van der Waals surface area (Å²) in [6.45, 7) is 7.65. The predicted octanol–water partition coefficient (Wildman–Crippen LogP) is 3.70. The topological polar surface area (TPSA) is 24.5 Å². The average molecular weight is 311 g/mol. The summed E-state index contributed by atoms with van der Waals surface area (Å²) in [5.74, 6) is 0.927. The van der Waals surface area contributed by atoms with Crippen LogP contribution in [0, 0.1) is 0 Å². The molecule has 2 atom stereocenters. The van der Waals surface area contributed by atoms with Crippen LogP contribution in [0.1, 0.15) is 38.7 Å². The van der Waals surface area contributed by atoms with Crippen molar-refractivity contribution in [1.29, 1.82) is 0 Å². The van der Waals surface area contributed by atoms with Gasteiger partial charge in [0.1, 0.15) is 5.75 Å². The van der Waals surface area contributed by atoms with E-state index in [1.54, 1.807) is 7.11 Å². The van der Waals surface area contributed by atoms with Crippen molar-refractivity contribution in [2.24, 2.45) is 0 Å². The average Bonchev–Trinajstić information content (AvgIpc) is 2.62. The molecule has 1 aromatic carbocycles. The first-order valence-corrected chi connectivity index (χ1v) is 8.31. The van der Waals surface area contributed by atoms with Crippen LogP contribution >= 0.6 is 11.6 Å². The first-order chi connectivity index (χ1) is 10.1. The smallest absolute Gasteiger partial charge is 0.123 e. The van der Waals surface area contributed by atoms with Crippen LogP contribution in [0.4, 0.5) is 0 Å². The minimum absolute atomic E-state index is 0.572. The zero-order valence-electron chi connectivity index (χ0n) is 13.4. The molecule has 2 rings (SSSR count). The lowest BCUT2D eigenvalue weighted by molar-refractivity contribution is 0.191. The van der Waals surface area contributed by atoms with E-state index in [0.29, 0.717) is 12.1 Å². The van der Waals surface area contributed by atoms with Crippen LogP contribution in [0.25, 0.3) is 0 Å². The molecule has 1 heterocycles. The molecule has 0 saturated carbocycles. The fourth-order valence-electron chi connectivity index (χ4n) is 3.06. The summed E-state index contributed by atoms with van der Waals surface area (Å²) < 4.78 is 5.48. The van der Waals surface area contributed by atoms with Crippen molar-refractivity contribution in [2.45, 2.75) is 51.7 Å². The van der Waals surface area contributed by atoms with Gasteiger partial charge < -0.3 is 10.1 Å². The third-order valence-electron chi connectivity index (χ3n) is 4.33. The summed E-state index contributed by atoms with van der Waals surface area (Å²) in [6.07, 6.45) is 3.64. The predicted molar refractivity (Wildman–Crippen MR) is 89.2 cm³/mol. The second-order valence-electron chi connectivity index (χ2n) is 5.96. The highest BCUT2D eigenvalue weighted by Gasteiger charge is 2.23. The number of ether oxygens (including phenoxy) is 1. The largest absolute Gasteiger partial charge is 0.496 e. The molecular weight excluding hydrogens is 284 g/mol. The Morgan fingerprint density at radius 3 is 2.95 bits per heavy atom.